The van der Waals surface area contributed by atoms with Crippen LogP contribution < -0.4 is 5.32 Å². The molecule has 2 aromatic heterocycles. The Morgan fingerprint density at radius 1 is 1.17 bits per heavy atom. The molecule has 0 unspecified atom stereocenters. The van der Waals surface area contributed by atoms with Crippen LogP contribution >= 0.6 is 22.7 Å². The van der Waals surface area contributed by atoms with Gasteiger partial charge in [0, 0.05) is 28.8 Å². The van der Waals surface area contributed by atoms with Gasteiger partial charge in [-0.05, 0) is 23.9 Å². The molecule has 23 heavy (non-hydrogen) atoms. The number of nitrogens with one attached hydrogen (secondary N) is 1. The third kappa shape index (κ3) is 4.27. The summed E-state index contributed by atoms with van der Waals surface area (Å²) in [6.45, 7) is 2.72. The Morgan fingerprint density at radius 2 is 2.04 bits per heavy atom. The first-order chi connectivity index (χ1) is 11.2. The monoisotopic (exact) mass is 342 g/mol. The van der Waals surface area contributed by atoms with Crippen molar-refractivity contribution >= 4 is 28.6 Å². The molecule has 0 saturated heterocycles. The standard InChI is InChI=1S/C18H18N2OS2/c1-13-5-2-3-7-16(13)18-20-14(12-23-18)8-9-19-17(21)11-15-6-4-10-22-15/h2-7,10,12H,8-9,11H2,1H3,(H,19,21). The molecule has 0 radical (unpaired) electrons. The number of thiophene rings is 1. The van der Waals surface area contributed by atoms with Crippen molar-refractivity contribution in [3.8, 4) is 10.6 Å². The van der Waals surface area contributed by atoms with Crippen molar-refractivity contribution in [2.75, 3.05) is 6.54 Å². The lowest BCUT2D eigenvalue weighted by Gasteiger charge is -2.03. The van der Waals surface area contributed by atoms with Gasteiger partial charge in [-0.2, -0.15) is 0 Å². The molecule has 2 heterocycles. The molecule has 0 saturated carbocycles. The molecule has 3 rings (SSSR count). The Hall–Kier alpha value is -1.98. The topological polar surface area (TPSA) is 42.0 Å². The fraction of sp³-hybridized carbons (Fsp3) is 0.222. The number of hydrogen-bond donors (Lipinski definition) is 1. The largest absolute Gasteiger partial charge is 0.355 e. The summed E-state index contributed by atoms with van der Waals surface area (Å²) in [6, 6.07) is 12.2. The molecule has 118 valence electrons. The molecule has 0 spiro atoms. The van der Waals surface area contributed by atoms with Crippen molar-refractivity contribution in [1.82, 2.24) is 10.3 Å². The van der Waals surface area contributed by atoms with Gasteiger partial charge in [0.05, 0.1) is 12.1 Å². The van der Waals surface area contributed by atoms with Crippen molar-refractivity contribution < 1.29 is 4.79 Å². The van der Waals surface area contributed by atoms with Gasteiger partial charge in [-0.15, -0.1) is 22.7 Å². The first kappa shape index (κ1) is 15.9. The minimum Gasteiger partial charge on any atom is -0.355 e. The molecular formula is C18H18N2OS2. The highest BCUT2D eigenvalue weighted by Crippen LogP contribution is 2.26. The highest BCUT2D eigenvalue weighted by molar-refractivity contribution is 7.13. The molecule has 0 atom stereocenters. The van der Waals surface area contributed by atoms with Crippen molar-refractivity contribution in [2.45, 2.75) is 19.8 Å². The summed E-state index contributed by atoms with van der Waals surface area (Å²) in [5, 5.41) is 8.07. The van der Waals surface area contributed by atoms with E-state index in [0.29, 0.717) is 13.0 Å². The zero-order chi connectivity index (χ0) is 16.1. The minimum absolute atomic E-state index is 0.0711. The number of thiazole rings is 1. The maximum absolute atomic E-state index is 11.8. The molecule has 1 N–H and O–H groups in total. The van der Waals surface area contributed by atoms with E-state index in [2.05, 4.69) is 34.7 Å². The number of amides is 1. The van der Waals surface area contributed by atoms with E-state index < -0.39 is 0 Å². The average Bonchev–Trinajstić information content (AvgIpc) is 3.20. The van der Waals surface area contributed by atoms with E-state index in [-0.39, 0.29) is 5.91 Å². The second kappa shape index (κ2) is 7.53. The third-order valence-corrected chi connectivity index (χ3v) is 5.35. The highest BCUT2D eigenvalue weighted by atomic mass is 32.1. The van der Waals surface area contributed by atoms with Crippen LogP contribution in [0, 0.1) is 6.92 Å². The number of aromatic nitrogens is 1. The lowest BCUT2D eigenvalue weighted by atomic mass is 10.1. The molecule has 0 bridgehead atoms. The van der Waals surface area contributed by atoms with Crippen LogP contribution in [0.15, 0.2) is 47.2 Å². The number of hydrogen-bond acceptors (Lipinski definition) is 4. The number of carbonyl (C=O) groups excluding carboxylic acids is 1. The number of aryl methyl sites for hydroxylation is 1. The van der Waals surface area contributed by atoms with E-state index in [1.807, 2.05) is 29.6 Å². The molecule has 0 aliphatic carbocycles. The molecule has 5 heteroatoms. The number of benzene rings is 1. The van der Waals surface area contributed by atoms with E-state index in [0.717, 1.165) is 22.0 Å². The van der Waals surface area contributed by atoms with Crippen LogP contribution in [0.5, 0.6) is 0 Å². The van der Waals surface area contributed by atoms with Crippen molar-refractivity contribution in [3.63, 3.8) is 0 Å². The molecule has 1 amide bonds. The molecule has 3 aromatic rings. The van der Waals surface area contributed by atoms with E-state index in [1.165, 1.54) is 11.1 Å². The second-order valence-electron chi connectivity index (χ2n) is 5.32. The maximum Gasteiger partial charge on any atom is 0.225 e. The highest BCUT2D eigenvalue weighted by Gasteiger charge is 2.08. The Balaban J connectivity index is 1.52. The summed E-state index contributed by atoms with van der Waals surface area (Å²) in [7, 11) is 0. The average molecular weight is 342 g/mol. The molecule has 0 fully saturated rings. The number of carbonyl (C=O) groups is 1. The van der Waals surface area contributed by atoms with Crippen LogP contribution in [0.2, 0.25) is 0 Å². The maximum atomic E-state index is 11.8. The Kier molecular flexibility index (Phi) is 5.20. The fourth-order valence-corrected chi connectivity index (χ4v) is 3.97. The molecule has 0 aliphatic rings. The summed E-state index contributed by atoms with van der Waals surface area (Å²) in [4.78, 5) is 17.6. The minimum atomic E-state index is 0.0711. The van der Waals surface area contributed by atoms with Gasteiger partial charge in [0.1, 0.15) is 5.01 Å². The summed E-state index contributed by atoms with van der Waals surface area (Å²) in [5.74, 6) is 0.0711. The van der Waals surface area contributed by atoms with Crippen LogP contribution in [0.25, 0.3) is 10.6 Å². The predicted octanol–water partition coefficient (Wildman–Crippen LogP) is 4.08. The first-order valence-corrected chi connectivity index (χ1v) is 9.28. The van der Waals surface area contributed by atoms with Gasteiger partial charge in [0.15, 0.2) is 0 Å². The lowest BCUT2D eigenvalue weighted by Crippen LogP contribution is -2.27. The van der Waals surface area contributed by atoms with Crippen LogP contribution in [0.1, 0.15) is 16.1 Å². The van der Waals surface area contributed by atoms with Gasteiger partial charge in [-0.1, -0.05) is 30.3 Å². The second-order valence-corrected chi connectivity index (χ2v) is 7.21. The van der Waals surface area contributed by atoms with Gasteiger partial charge in [0.2, 0.25) is 5.91 Å². The summed E-state index contributed by atoms with van der Waals surface area (Å²) in [6.07, 6.45) is 1.22. The number of rotatable bonds is 6. The van der Waals surface area contributed by atoms with Gasteiger partial charge in [-0.3, -0.25) is 4.79 Å². The van der Waals surface area contributed by atoms with Crippen LogP contribution in [-0.4, -0.2) is 17.4 Å². The van der Waals surface area contributed by atoms with E-state index in [9.17, 15) is 4.79 Å². The number of nitrogens with zero attached hydrogens (tertiary/aromatic N) is 1. The van der Waals surface area contributed by atoms with E-state index in [4.69, 9.17) is 0 Å². The first-order valence-electron chi connectivity index (χ1n) is 7.52. The molecule has 1 aromatic carbocycles. The van der Waals surface area contributed by atoms with E-state index >= 15 is 0 Å². The summed E-state index contributed by atoms with van der Waals surface area (Å²) >= 11 is 3.27. The quantitative estimate of drug-likeness (QED) is 0.733. The molecular weight excluding hydrogens is 324 g/mol. The molecule has 3 nitrogen and oxygen atoms in total. The fourth-order valence-electron chi connectivity index (χ4n) is 2.32. The lowest BCUT2D eigenvalue weighted by molar-refractivity contribution is -0.120. The van der Waals surface area contributed by atoms with Crippen molar-refractivity contribution in [1.29, 1.82) is 0 Å². The van der Waals surface area contributed by atoms with Gasteiger partial charge >= 0.3 is 0 Å². The molecule has 0 aliphatic heterocycles. The van der Waals surface area contributed by atoms with Crippen LogP contribution in [0.3, 0.4) is 0 Å². The summed E-state index contributed by atoms with van der Waals surface area (Å²) in [5.41, 5.74) is 3.45. The SMILES string of the molecule is Cc1ccccc1-c1nc(CCNC(=O)Cc2cccs2)cs1. The Labute approximate surface area is 144 Å². The van der Waals surface area contributed by atoms with E-state index in [1.54, 1.807) is 22.7 Å². The van der Waals surface area contributed by atoms with Gasteiger partial charge in [0.25, 0.3) is 0 Å². The summed E-state index contributed by atoms with van der Waals surface area (Å²) < 4.78 is 0. The van der Waals surface area contributed by atoms with Crippen LogP contribution in [-0.2, 0) is 17.6 Å². The predicted molar refractivity (Wildman–Crippen MR) is 97.0 cm³/mol. The van der Waals surface area contributed by atoms with Crippen LogP contribution in [0.4, 0.5) is 0 Å². The van der Waals surface area contributed by atoms with Crippen molar-refractivity contribution in [3.05, 3.63) is 63.3 Å². The van der Waals surface area contributed by atoms with Gasteiger partial charge < -0.3 is 5.32 Å². The smallest absolute Gasteiger partial charge is 0.225 e. The van der Waals surface area contributed by atoms with Crippen molar-refractivity contribution in [2.24, 2.45) is 0 Å². The Bertz CT molecular complexity index is 778. The zero-order valence-corrected chi connectivity index (χ0v) is 14.5. The normalized spacial score (nSPS) is 10.7. The third-order valence-electron chi connectivity index (χ3n) is 3.55. The van der Waals surface area contributed by atoms with Gasteiger partial charge in [-0.25, -0.2) is 4.98 Å². The Morgan fingerprint density at radius 3 is 2.83 bits per heavy atom. The zero-order valence-electron chi connectivity index (χ0n) is 12.9.